The van der Waals surface area contributed by atoms with Crippen molar-refractivity contribution in [2.24, 2.45) is 5.73 Å². The fourth-order valence-corrected chi connectivity index (χ4v) is 3.87. The monoisotopic (exact) mass is 614 g/mol. The van der Waals surface area contributed by atoms with Gasteiger partial charge in [0.05, 0.1) is 12.2 Å². The van der Waals surface area contributed by atoms with Crippen LogP contribution in [0.3, 0.4) is 0 Å². The Morgan fingerprint density at radius 3 is 2.36 bits per heavy atom. The lowest BCUT2D eigenvalue weighted by molar-refractivity contribution is -0.440. The number of hydrogen-bond acceptors (Lipinski definition) is 13. The highest BCUT2D eigenvalue weighted by atomic mass is 16.7. The third kappa shape index (κ3) is 11.2. The van der Waals surface area contributed by atoms with Gasteiger partial charge in [-0.3, -0.25) is 14.4 Å². The van der Waals surface area contributed by atoms with E-state index < -0.39 is 36.2 Å². The molecule has 2 aromatic rings. The minimum Gasteiger partial charge on any atom is -0.366 e. The number of primary amides is 1. The number of benzene rings is 1. The number of likely N-dealkylation sites (N-methyl/N-ethyl adjacent to an activating group) is 1. The van der Waals surface area contributed by atoms with Crippen molar-refractivity contribution >= 4 is 42.9 Å². The Morgan fingerprint density at radius 1 is 1.11 bits per heavy atom. The number of anilines is 3. The van der Waals surface area contributed by atoms with Crippen molar-refractivity contribution in [3.05, 3.63) is 53.4 Å². The van der Waals surface area contributed by atoms with Gasteiger partial charge in [-0.05, 0) is 44.4 Å². The first-order valence-electron chi connectivity index (χ1n) is 13.6. The number of carbonyl (C=O) groups excluding carboxylic acids is 3. The summed E-state index contributed by atoms with van der Waals surface area (Å²) >= 11 is 0. The summed E-state index contributed by atoms with van der Waals surface area (Å²) in [6.45, 7) is 5.00. The molecule has 3 amide bonds. The van der Waals surface area contributed by atoms with Crippen LogP contribution in [-0.2, 0) is 22.4 Å². The molecule has 0 aliphatic heterocycles. The molecule has 0 unspecified atom stereocenters. The maximum absolute atomic E-state index is 12.4. The minimum atomic E-state index is -3.68. The van der Waals surface area contributed by atoms with Gasteiger partial charge >= 0.3 is 6.10 Å². The number of nitrogens with two attached hydrogens (primary N) is 1. The molecule has 1 aromatic heterocycles. The molecule has 16 nitrogen and oxygen atoms in total. The molecular formula is C27H39BN8O8. The zero-order valence-electron chi connectivity index (χ0n) is 25.0. The van der Waals surface area contributed by atoms with Gasteiger partial charge in [0.2, 0.25) is 11.8 Å². The van der Waals surface area contributed by atoms with E-state index in [1.807, 2.05) is 32.9 Å². The van der Waals surface area contributed by atoms with E-state index in [1.165, 1.54) is 7.05 Å². The molecule has 0 atom stereocenters. The molecule has 2 rings (SSSR count). The van der Waals surface area contributed by atoms with Crippen LogP contribution in [0.1, 0.15) is 42.5 Å². The van der Waals surface area contributed by atoms with Crippen molar-refractivity contribution in [1.29, 1.82) is 0 Å². The fraction of sp³-hybridized carbons (Fsp3) is 0.444. The number of nitrogens with one attached hydrogen (secondary N) is 3. The third-order valence-corrected chi connectivity index (χ3v) is 5.95. The van der Waals surface area contributed by atoms with Gasteiger partial charge < -0.3 is 52.1 Å². The van der Waals surface area contributed by atoms with Crippen molar-refractivity contribution in [3.8, 4) is 0 Å². The number of aromatic nitrogens is 2. The van der Waals surface area contributed by atoms with Crippen molar-refractivity contribution < 1.29 is 39.9 Å². The number of amides is 3. The van der Waals surface area contributed by atoms with Gasteiger partial charge in [0, 0.05) is 37.9 Å². The van der Waals surface area contributed by atoms with Crippen LogP contribution in [0.5, 0.6) is 0 Å². The number of aryl methyl sites for hydroxylation is 1. The molecule has 0 saturated carbocycles. The van der Waals surface area contributed by atoms with Crippen molar-refractivity contribution in [2.75, 3.05) is 37.3 Å². The Bertz CT molecular complexity index is 1330. The van der Waals surface area contributed by atoms with E-state index in [9.17, 15) is 24.6 Å². The molecule has 1 heterocycles. The van der Waals surface area contributed by atoms with Crippen molar-refractivity contribution in [3.63, 3.8) is 0 Å². The van der Waals surface area contributed by atoms with E-state index in [0.29, 0.717) is 30.0 Å². The molecule has 17 heteroatoms. The van der Waals surface area contributed by atoms with Crippen LogP contribution < -0.4 is 21.7 Å². The Kier molecular flexibility index (Phi) is 12.8. The molecule has 0 saturated heterocycles. The maximum atomic E-state index is 12.4. The Labute approximate surface area is 256 Å². The number of carbonyl (C=O) groups is 3. The van der Waals surface area contributed by atoms with E-state index >= 15 is 0 Å². The Hall–Kier alpha value is -4.13. The molecule has 0 fully saturated rings. The van der Waals surface area contributed by atoms with Gasteiger partial charge in [0.15, 0.2) is 25.2 Å². The first-order valence-corrected chi connectivity index (χ1v) is 13.6. The van der Waals surface area contributed by atoms with E-state index in [2.05, 4.69) is 25.9 Å². The molecule has 238 valence electrons. The van der Waals surface area contributed by atoms with E-state index in [4.69, 9.17) is 28.9 Å². The molecule has 0 aliphatic carbocycles. The summed E-state index contributed by atoms with van der Waals surface area (Å²) in [7, 11) is 6.28. The molecular weight excluding hydrogens is 575 g/mol. The van der Waals surface area contributed by atoms with Crippen LogP contribution in [0, 0.1) is 0 Å². The summed E-state index contributed by atoms with van der Waals surface area (Å²) in [5.74, 6) is -4.40. The second-order valence-corrected chi connectivity index (χ2v) is 10.2. The van der Waals surface area contributed by atoms with Crippen LogP contribution in [0.2, 0.25) is 0 Å². The average molecular weight is 614 g/mol. The standard InChI is InChI=1S/C27H39BN8O8/c1-5-19-24(31-16(2)3)34-25(22(33-19)23(29)39)32-18-9-6-8-17(14-18)11-12-30-20(37)15-35(4)21(38)10-7-13-36(26(28,40)41)27(42,43)44/h6-10,14,16,40-44H,5,11-13,15H2,1-4H3,(H2,29,39)(H,30,37)(H2,31,32,34)/b10-7+. The smallest absolute Gasteiger partial charge is 0.349 e. The van der Waals surface area contributed by atoms with Gasteiger partial charge in [0.25, 0.3) is 5.91 Å². The highest BCUT2D eigenvalue weighted by molar-refractivity contribution is 6.12. The van der Waals surface area contributed by atoms with Crippen molar-refractivity contribution in [2.45, 2.75) is 51.6 Å². The fourth-order valence-electron chi connectivity index (χ4n) is 3.87. The van der Waals surface area contributed by atoms with E-state index in [-0.39, 0.29) is 35.5 Å². The lowest BCUT2D eigenvalue weighted by atomic mass is 10.0. The zero-order chi connectivity index (χ0) is 33.2. The lowest BCUT2D eigenvalue weighted by Crippen LogP contribution is -2.61. The first-order chi connectivity index (χ1) is 20.4. The lowest BCUT2D eigenvalue weighted by Gasteiger charge is -2.37. The summed E-state index contributed by atoms with van der Waals surface area (Å²) in [5.41, 5.74) is 7.66. The molecule has 2 radical (unpaired) electrons. The zero-order valence-corrected chi connectivity index (χ0v) is 25.0. The van der Waals surface area contributed by atoms with Crippen molar-refractivity contribution in [1.82, 2.24) is 25.1 Å². The number of nitrogens with zero attached hydrogens (tertiary/aromatic N) is 4. The molecule has 0 spiro atoms. The second kappa shape index (κ2) is 15.6. The maximum Gasteiger partial charge on any atom is 0.349 e. The quantitative estimate of drug-likeness (QED) is 0.0566. The molecule has 0 aliphatic rings. The third-order valence-electron chi connectivity index (χ3n) is 5.95. The van der Waals surface area contributed by atoms with Crippen LogP contribution >= 0.6 is 0 Å². The van der Waals surface area contributed by atoms with Gasteiger partial charge in [-0.25, -0.2) is 9.97 Å². The van der Waals surface area contributed by atoms with Gasteiger partial charge in [-0.2, -0.15) is 4.90 Å². The minimum absolute atomic E-state index is 0.0113. The predicted octanol–water partition coefficient (Wildman–Crippen LogP) is -1.97. The Morgan fingerprint density at radius 2 is 1.80 bits per heavy atom. The number of hydrogen-bond donors (Lipinski definition) is 9. The summed E-state index contributed by atoms with van der Waals surface area (Å²) in [4.78, 5) is 46.6. The van der Waals surface area contributed by atoms with Crippen LogP contribution in [0.15, 0.2) is 36.4 Å². The van der Waals surface area contributed by atoms with Crippen LogP contribution in [0.25, 0.3) is 0 Å². The summed E-state index contributed by atoms with van der Waals surface area (Å²) in [6, 6.07) is 7.33. The Balaban J connectivity index is 1.97. The highest BCUT2D eigenvalue weighted by Crippen LogP contribution is 2.23. The summed E-state index contributed by atoms with van der Waals surface area (Å²) in [6.07, 6.45) is -0.800. The van der Waals surface area contributed by atoms with Gasteiger partial charge in [-0.15, -0.1) is 0 Å². The molecule has 0 bridgehead atoms. The first kappa shape index (κ1) is 36.1. The highest BCUT2D eigenvalue weighted by Gasteiger charge is 2.39. The second-order valence-electron chi connectivity index (χ2n) is 10.2. The van der Waals surface area contributed by atoms with E-state index in [0.717, 1.165) is 22.6 Å². The van der Waals surface area contributed by atoms with E-state index in [1.54, 1.807) is 12.1 Å². The average Bonchev–Trinajstić information content (AvgIpc) is 2.89. The van der Waals surface area contributed by atoms with Gasteiger partial charge in [-0.1, -0.05) is 25.1 Å². The molecule has 10 N–H and O–H groups in total. The SMILES string of the molecule is [B]C(O)(O)N(C/C=C/C(=O)N(C)CC(=O)NCCc1cccc(Nc2nc(NC(C)C)c(CC)nc2C(N)=O)c1)C(O)(O)O. The molecule has 1 aromatic carbocycles. The largest absolute Gasteiger partial charge is 0.366 e. The predicted molar refractivity (Wildman–Crippen MR) is 161 cm³/mol. The summed E-state index contributed by atoms with van der Waals surface area (Å²) < 4.78 is 0. The summed E-state index contributed by atoms with van der Waals surface area (Å²) in [5, 5.41) is 55.1. The topological polar surface area (TPSA) is 247 Å². The van der Waals surface area contributed by atoms with Crippen LogP contribution in [0.4, 0.5) is 17.3 Å². The number of rotatable bonds is 16. The van der Waals surface area contributed by atoms with Gasteiger partial charge in [0.1, 0.15) is 5.82 Å². The number of aliphatic hydroxyl groups is 5. The van der Waals surface area contributed by atoms with Crippen LogP contribution in [-0.4, -0.2) is 115 Å². The normalized spacial score (nSPS) is 12.1. The molecule has 44 heavy (non-hydrogen) atoms.